The zero-order chi connectivity index (χ0) is 29.7. The molecule has 0 bridgehead atoms. The first-order valence-corrected chi connectivity index (χ1v) is 15.2. The van der Waals surface area contributed by atoms with Crippen LogP contribution in [0.4, 0.5) is 0 Å². The van der Waals surface area contributed by atoms with Gasteiger partial charge in [-0.1, -0.05) is 48.0 Å². The van der Waals surface area contributed by atoms with Crippen molar-refractivity contribution in [3.63, 3.8) is 0 Å². The fourth-order valence-electron chi connectivity index (χ4n) is 4.98. The van der Waals surface area contributed by atoms with Crippen LogP contribution in [0.2, 0.25) is 0 Å². The van der Waals surface area contributed by atoms with Crippen LogP contribution in [0, 0.1) is 13.8 Å². The monoisotopic (exact) mass is 586 g/mol. The number of rotatable bonds is 10. The van der Waals surface area contributed by atoms with Crippen LogP contribution in [-0.2, 0) is 28.0 Å². The Labute approximate surface area is 246 Å². The van der Waals surface area contributed by atoms with Crippen LogP contribution in [0.25, 0.3) is 10.9 Å². The Balaban J connectivity index is 1.19. The van der Waals surface area contributed by atoms with Gasteiger partial charge >= 0.3 is 5.97 Å². The van der Waals surface area contributed by atoms with Crippen LogP contribution < -0.4 is 9.46 Å². The highest BCUT2D eigenvalue weighted by atomic mass is 32.2. The van der Waals surface area contributed by atoms with Gasteiger partial charge in [0.2, 0.25) is 0 Å². The lowest BCUT2D eigenvalue weighted by atomic mass is 10.1. The lowest BCUT2D eigenvalue weighted by Crippen LogP contribution is -2.46. The Morgan fingerprint density at radius 1 is 0.976 bits per heavy atom. The van der Waals surface area contributed by atoms with Crippen molar-refractivity contribution in [1.29, 1.82) is 0 Å². The number of ether oxygens (including phenoxy) is 1. The molecule has 0 saturated carbocycles. The SMILES string of the molecule is Cc1ccc(CN2CCN(C(=CNS(=O)(=O)c3ccc(OCc4cc(C)nc5ccccc45)cc3)C(=O)O)CC2)cc1. The molecule has 9 nitrogen and oxygen atoms in total. The first-order chi connectivity index (χ1) is 20.2. The summed E-state index contributed by atoms with van der Waals surface area (Å²) < 4.78 is 34.2. The summed E-state index contributed by atoms with van der Waals surface area (Å²) in [4.78, 5) is 20.5. The summed E-state index contributed by atoms with van der Waals surface area (Å²) >= 11 is 0. The van der Waals surface area contributed by atoms with Gasteiger partial charge in [-0.05, 0) is 55.8 Å². The minimum Gasteiger partial charge on any atom is -0.489 e. The van der Waals surface area contributed by atoms with Crippen molar-refractivity contribution < 1.29 is 23.1 Å². The van der Waals surface area contributed by atoms with Crippen molar-refractivity contribution in [2.75, 3.05) is 26.2 Å². The Bertz CT molecular complexity index is 1700. The molecule has 42 heavy (non-hydrogen) atoms. The van der Waals surface area contributed by atoms with Crippen molar-refractivity contribution in [3.8, 4) is 5.75 Å². The molecule has 0 aliphatic carbocycles. The number of sulfonamides is 1. The molecule has 0 radical (unpaired) electrons. The molecule has 10 heteroatoms. The van der Waals surface area contributed by atoms with Gasteiger partial charge in [-0.2, -0.15) is 0 Å². The predicted octanol–water partition coefficient (Wildman–Crippen LogP) is 4.45. The zero-order valence-corrected chi connectivity index (χ0v) is 24.5. The molecule has 0 atom stereocenters. The van der Waals surface area contributed by atoms with E-state index in [1.807, 2.05) is 44.2 Å². The van der Waals surface area contributed by atoms with Crippen LogP contribution in [0.3, 0.4) is 0 Å². The average Bonchev–Trinajstić information content (AvgIpc) is 2.98. The maximum atomic E-state index is 13.0. The van der Waals surface area contributed by atoms with Gasteiger partial charge in [-0.25, -0.2) is 13.2 Å². The molecule has 0 unspecified atom stereocenters. The highest BCUT2D eigenvalue weighted by Gasteiger charge is 2.24. The number of hydrogen-bond donors (Lipinski definition) is 2. The summed E-state index contributed by atoms with van der Waals surface area (Å²) in [6.07, 6.45) is 1.06. The topological polar surface area (TPSA) is 112 Å². The first-order valence-electron chi connectivity index (χ1n) is 13.7. The standard InChI is InChI=1S/C32H34N4O5S/c1-23-7-9-25(10-8-23)21-35-15-17-36(18-16-35)31(32(37)38)20-33-42(39,40)28-13-11-27(12-14-28)41-22-26-19-24(2)34-30-6-4-3-5-29(26)30/h3-14,19-20,33H,15-18,21-22H2,1-2H3,(H,37,38). The maximum Gasteiger partial charge on any atom is 0.353 e. The van der Waals surface area contributed by atoms with Gasteiger partial charge < -0.3 is 14.7 Å². The molecule has 0 spiro atoms. The Morgan fingerprint density at radius 2 is 1.67 bits per heavy atom. The number of piperazine rings is 1. The Hall–Kier alpha value is -4.41. The second-order valence-electron chi connectivity index (χ2n) is 10.4. The molecule has 1 fully saturated rings. The number of pyridine rings is 1. The predicted molar refractivity (Wildman–Crippen MR) is 161 cm³/mol. The number of fused-ring (bicyclic) bond motifs is 1. The summed E-state index contributed by atoms with van der Waals surface area (Å²) in [5.41, 5.74) is 5.08. The van der Waals surface area contributed by atoms with E-state index in [0.717, 1.165) is 34.9 Å². The number of benzene rings is 3. The quantitative estimate of drug-likeness (QED) is 0.262. The number of nitrogens with zero attached hydrogens (tertiary/aromatic N) is 3. The smallest absolute Gasteiger partial charge is 0.353 e. The number of aryl methyl sites for hydroxylation is 2. The van der Waals surface area contributed by atoms with E-state index in [0.29, 0.717) is 38.5 Å². The highest BCUT2D eigenvalue weighted by molar-refractivity contribution is 7.89. The largest absolute Gasteiger partial charge is 0.489 e. The molecule has 1 saturated heterocycles. The zero-order valence-electron chi connectivity index (χ0n) is 23.7. The van der Waals surface area contributed by atoms with E-state index < -0.39 is 16.0 Å². The van der Waals surface area contributed by atoms with E-state index in [2.05, 4.69) is 38.9 Å². The molecule has 0 amide bonds. The van der Waals surface area contributed by atoms with Gasteiger partial charge in [-0.15, -0.1) is 0 Å². The van der Waals surface area contributed by atoms with Gasteiger partial charge in [0.15, 0.2) is 0 Å². The first kappa shape index (κ1) is 29.1. The van der Waals surface area contributed by atoms with E-state index in [4.69, 9.17) is 4.74 Å². The van der Waals surface area contributed by atoms with Crippen LogP contribution in [0.15, 0.2) is 95.7 Å². The molecule has 5 rings (SSSR count). The summed E-state index contributed by atoms with van der Waals surface area (Å²) in [5, 5.41) is 10.8. The number of aliphatic carboxylic acids is 1. The fourth-order valence-corrected chi connectivity index (χ4v) is 5.88. The molecular weight excluding hydrogens is 552 g/mol. The molecule has 2 heterocycles. The van der Waals surface area contributed by atoms with Crippen LogP contribution in [-0.4, -0.2) is 60.5 Å². The number of nitrogens with one attached hydrogen (secondary N) is 1. The number of para-hydroxylation sites is 1. The summed E-state index contributed by atoms with van der Waals surface area (Å²) in [6, 6.07) is 24.2. The highest BCUT2D eigenvalue weighted by Crippen LogP contribution is 2.22. The molecule has 218 valence electrons. The van der Waals surface area contributed by atoms with Gasteiger partial charge in [0.1, 0.15) is 18.1 Å². The van der Waals surface area contributed by atoms with E-state index in [9.17, 15) is 18.3 Å². The van der Waals surface area contributed by atoms with E-state index in [-0.39, 0.29) is 10.6 Å². The molecule has 2 N–H and O–H groups in total. The Morgan fingerprint density at radius 3 is 2.36 bits per heavy atom. The molecule has 3 aromatic carbocycles. The summed E-state index contributed by atoms with van der Waals surface area (Å²) in [6.45, 7) is 7.35. The second kappa shape index (κ2) is 12.6. The molecule has 1 aromatic heterocycles. The number of carboxylic acid groups (broad SMARTS) is 1. The van der Waals surface area contributed by atoms with Crippen molar-refractivity contribution in [2.24, 2.45) is 0 Å². The van der Waals surface area contributed by atoms with Gasteiger partial charge in [0.25, 0.3) is 10.0 Å². The fraction of sp³-hybridized carbons (Fsp3) is 0.250. The summed E-state index contributed by atoms with van der Waals surface area (Å²) in [5.74, 6) is -0.676. The second-order valence-corrected chi connectivity index (χ2v) is 12.1. The van der Waals surface area contributed by atoms with Gasteiger partial charge in [0.05, 0.1) is 10.4 Å². The van der Waals surface area contributed by atoms with Gasteiger partial charge in [0, 0.05) is 55.6 Å². The van der Waals surface area contributed by atoms with Gasteiger partial charge in [-0.3, -0.25) is 14.6 Å². The minimum absolute atomic E-state index is 0.00367. The number of carbonyl (C=O) groups is 1. The summed E-state index contributed by atoms with van der Waals surface area (Å²) in [7, 11) is -3.99. The van der Waals surface area contributed by atoms with Crippen molar-refractivity contribution in [2.45, 2.75) is 31.9 Å². The van der Waals surface area contributed by atoms with E-state index in [1.165, 1.54) is 23.3 Å². The third-order valence-electron chi connectivity index (χ3n) is 7.27. The van der Waals surface area contributed by atoms with Crippen LogP contribution in [0.5, 0.6) is 5.75 Å². The molecule has 1 aliphatic rings. The lowest BCUT2D eigenvalue weighted by molar-refractivity contribution is -0.134. The number of aromatic nitrogens is 1. The number of carboxylic acids is 1. The third-order valence-corrected chi connectivity index (χ3v) is 8.59. The normalized spacial score (nSPS) is 14.6. The lowest BCUT2D eigenvalue weighted by Gasteiger charge is -2.36. The molecule has 1 aliphatic heterocycles. The third kappa shape index (κ3) is 7.07. The molecular formula is C32H34N4O5S. The minimum atomic E-state index is -3.99. The average molecular weight is 587 g/mol. The molecule has 4 aromatic rings. The number of hydrogen-bond acceptors (Lipinski definition) is 7. The van der Waals surface area contributed by atoms with Crippen molar-refractivity contribution in [1.82, 2.24) is 19.5 Å². The van der Waals surface area contributed by atoms with Crippen molar-refractivity contribution in [3.05, 3.63) is 113 Å². The van der Waals surface area contributed by atoms with E-state index >= 15 is 0 Å². The van der Waals surface area contributed by atoms with Crippen LogP contribution in [0.1, 0.15) is 22.4 Å². The maximum absolute atomic E-state index is 13.0. The van der Waals surface area contributed by atoms with Crippen molar-refractivity contribution >= 4 is 26.9 Å². The van der Waals surface area contributed by atoms with Crippen LogP contribution >= 0.6 is 0 Å². The van der Waals surface area contributed by atoms with E-state index in [1.54, 1.807) is 17.0 Å². The Kier molecular flexibility index (Phi) is 8.75.